The molecule has 3 rings (SSSR count). The van der Waals surface area contributed by atoms with Gasteiger partial charge in [0.15, 0.2) is 10.8 Å². The minimum absolute atomic E-state index is 0.195. The van der Waals surface area contributed by atoms with Crippen LogP contribution in [0.5, 0.6) is 0 Å². The highest BCUT2D eigenvalue weighted by molar-refractivity contribution is 6.32. The first kappa shape index (κ1) is 18.2. The first-order valence-electron chi connectivity index (χ1n) is 8.20. The second-order valence-electron chi connectivity index (χ2n) is 6.98. The van der Waals surface area contributed by atoms with Gasteiger partial charge < -0.3 is 15.0 Å². The first-order valence-corrected chi connectivity index (χ1v) is 8.58. The van der Waals surface area contributed by atoms with Gasteiger partial charge in [-0.2, -0.15) is 5.10 Å². The number of halogens is 1. The summed E-state index contributed by atoms with van der Waals surface area (Å²) >= 11 is 5.98. The number of carbonyl (C=O) groups excluding carboxylic acids is 2. The average molecular weight is 378 g/mol. The Hall–Kier alpha value is -2.61. The number of H-pyrrole nitrogens is 1. The van der Waals surface area contributed by atoms with Crippen molar-refractivity contribution in [1.29, 1.82) is 0 Å². The van der Waals surface area contributed by atoms with E-state index >= 15 is 0 Å². The zero-order valence-electron chi connectivity index (χ0n) is 14.8. The third-order valence-corrected chi connectivity index (χ3v) is 4.11. The lowest BCUT2D eigenvalue weighted by Gasteiger charge is -2.30. The highest BCUT2D eigenvalue weighted by atomic mass is 35.5. The lowest BCUT2D eigenvalue weighted by atomic mass is 10.1. The third-order valence-electron chi connectivity index (χ3n) is 3.81. The molecule has 2 amide bonds. The molecule has 2 aromatic heterocycles. The molecule has 26 heavy (non-hydrogen) atoms. The van der Waals surface area contributed by atoms with Crippen molar-refractivity contribution >= 4 is 29.3 Å². The molecular formula is C17H20ClN5O3. The van der Waals surface area contributed by atoms with Gasteiger partial charge in [0, 0.05) is 30.4 Å². The molecule has 0 fully saturated rings. The van der Waals surface area contributed by atoms with E-state index < -0.39 is 17.6 Å². The van der Waals surface area contributed by atoms with Crippen molar-refractivity contribution in [3.63, 3.8) is 0 Å². The summed E-state index contributed by atoms with van der Waals surface area (Å²) in [6.07, 6.45) is 1.70. The fourth-order valence-corrected chi connectivity index (χ4v) is 2.79. The van der Waals surface area contributed by atoms with Gasteiger partial charge in [0.25, 0.3) is 5.91 Å². The fourth-order valence-electron chi connectivity index (χ4n) is 2.63. The summed E-state index contributed by atoms with van der Waals surface area (Å²) in [7, 11) is 0. The van der Waals surface area contributed by atoms with E-state index in [1.807, 2.05) is 20.8 Å². The van der Waals surface area contributed by atoms with Crippen LogP contribution in [0.15, 0.2) is 18.3 Å². The molecule has 0 unspecified atom stereocenters. The van der Waals surface area contributed by atoms with E-state index in [-0.39, 0.29) is 17.4 Å². The van der Waals surface area contributed by atoms with E-state index in [4.69, 9.17) is 16.3 Å². The predicted molar refractivity (Wildman–Crippen MR) is 96.1 cm³/mol. The lowest BCUT2D eigenvalue weighted by molar-refractivity contribution is 0.0222. The average Bonchev–Trinajstić information content (AvgIpc) is 2.98. The summed E-state index contributed by atoms with van der Waals surface area (Å²) in [5, 5.41) is 9.88. The maximum absolute atomic E-state index is 12.6. The molecule has 1 aliphatic heterocycles. The maximum Gasteiger partial charge on any atom is 0.410 e. The molecule has 3 heterocycles. The van der Waals surface area contributed by atoms with Crippen LogP contribution in [0.1, 0.15) is 42.5 Å². The Bertz CT molecular complexity index is 843. The molecule has 9 heteroatoms. The molecule has 0 saturated carbocycles. The topological polar surface area (TPSA) is 100 Å². The summed E-state index contributed by atoms with van der Waals surface area (Å²) in [6.45, 7) is 6.20. The number of rotatable bonds is 2. The zero-order chi connectivity index (χ0) is 18.9. The number of aromatic amines is 1. The Morgan fingerprint density at radius 3 is 2.85 bits per heavy atom. The van der Waals surface area contributed by atoms with Gasteiger partial charge in [0.1, 0.15) is 5.60 Å². The molecule has 0 bridgehead atoms. The van der Waals surface area contributed by atoms with Gasteiger partial charge in [0.05, 0.1) is 12.2 Å². The normalized spacial score (nSPS) is 13.9. The molecule has 0 radical (unpaired) electrons. The van der Waals surface area contributed by atoms with Crippen LogP contribution in [0.2, 0.25) is 5.15 Å². The molecule has 2 aromatic rings. The van der Waals surface area contributed by atoms with Crippen LogP contribution < -0.4 is 5.32 Å². The largest absolute Gasteiger partial charge is 0.444 e. The number of aromatic nitrogens is 3. The quantitative estimate of drug-likeness (QED) is 0.783. The Morgan fingerprint density at radius 1 is 1.38 bits per heavy atom. The minimum atomic E-state index is -0.578. The summed E-state index contributed by atoms with van der Waals surface area (Å²) in [5.41, 5.74) is 1.57. The van der Waals surface area contributed by atoms with E-state index in [1.54, 1.807) is 17.0 Å². The number of pyridine rings is 1. The Balaban J connectivity index is 1.77. The number of ether oxygens (including phenoxy) is 1. The summed E-state index contributed by atoms with van der Waals surface area (Å²) in [4.78, 5) is 30.4. The number of fused-ring (bicyclic) bond motifs is 1. The van der Waals surface area contributed by atoms with Crippen molar-refractivity contribution in [3.05, 3.63) is 40.4 Å². The van der Waals surface area contributed by atoms with Crippen molar-refractivity contribution in [2.75, 3.05) is 11.9 Å². The van der Waals surface area contributed by atoms with E-state index in [9.17, 15) is 9.59 Å². The van der Waals surface area contributed by atoms with Crippen molar-refractivity contribution in [2.45, 2.75) is 39.3 Å². The van der Waals surface area contributed by atoms with Crippen LogP contribution in [0, 0.1) is 0 Å². The predicted octanol–water partition coefficient (Wildman–Crippen LogP) is 3.00. The Labute approximate surface area is 155 Å². The molecule has 0 aliphatic carbocycles. The fraction of sp³-hybridized carbons (Fsp3) is 0.412. The van der Waals surface area contributed by atoms with Crippen LogP contribution in [-0.4, -0.2) is 44.2 Å². The second-order valence-corrected chi connectivity index (χ2v) is 7.34. The van der Waals surface area contributed by atoms with Gasteiger partial charge in [-0.25, -0.2) is 9.78 Å². The summed E-state index contributed by atoms with van der Waals surface area (Å²) in [6, 6.07) is 3.32. The van der Waals surface area contributed by atoms with Crippen molar-refractivity contribution in [1.82, 2.24) is 20.1 Å². The number of anilines is 1. The van der Waals surface area contributed by atoms with E-state index in [2.05, 4.69) is 20.5 Å². The van der Waals surface area contributed by atoms with E-state index in [0.29, 0.717) is 24.2 Å². The van der Waals surface area contributed by atoms with Crippen molar-refractivity contribution in [3.8, 4) is 0 Å². The molecule has 1 aliphatic rings. The number of nitrogens with zero attached hydrogens (tertiary/aromatic N) is 3. The number of carbonyl (C=O) groups is 2. The van der Waals surface area contributed by atoms with E-state index in [1.165, 1.54) is 6.20 Å². The number of hydrogen-bond acceptors (Lipinski definition) is 5. The number of hydrogen-bond donors (Lipinski definition) is 2. The second kappa shape index (κ2) is 6.95. The summed E-state index contributed by atoms with van der Waals surface area (Å²) in [5.74, 6) is -0.413. The van der Waals surface area contributed by atoms with Crippen molar-refractivity contribution < 1.29 is 14.3 Å². The third kappa shape index (κ3) is 3.96. The minimum Gasteiger partial charge on any atom is -0.444 e. The molecule has 138 valence electrons. The smallest absolute Gasteiger partial charge is 0.410 e. The molecule has 2 N–H and O–H groups in total. The van der Waals surface area contributed by atoms with Crippen LogP contribution in [0.3, 0.4) is 0 Å². The standard InChI is InChI=1S/C17H20ClN5O3/c1-17(2,3)26-16(25)23-8-6-11-10(9-23)13(22-21-11)15(24)20-12-5-4-7-19-14(12)18/h4-5,7H,6,8-9H2,1-3H3,(H,20,24)(H,21,22). The molecule has 0 atom stereocenters. The van der Waals surface area contributed by atoms with Gasteiger partial charge in [0.2, 0.25) is 0 Å². The van der Waals surface area contributed by atoms with Gasteiger partial charge in [-0.3, -0.25) is 9.89 Å². The van der Waals surface area contributed by atoms with Crippen LogP contribution in [0.4, 0.5) is 10.5 Å². The van der Waals surface area contributed by atoms with Gasteiger partial charge in [-0.15, -0.1) is 0 Å². The molecular weight excluding hydrogens is 358 g/mol. The molecule has 8 nitrogen and oxygen atoms in total. The Kier molecular flexibility index (Phi) is 4.86. The van der Waals surface area contributed by atoms with Crippen LogP contribution in [0.25, 0.3) is 0 Å². The zero-order valence-corrected chi connectivity index (χ0v) is 15.6. The Morgan fingerprint density at radius 2 is 2.15 bits per heavy atom. The SMILES string of the molecule is CC(C)(C)OC(=O)N1CCc2[nH]nc(C(=O)Nc3cccnc3Cl)c2C1. The van der Waals surface area contributed by atoms with Gasteiger partial charge in [-0.05, 0) is 32.9 Å². The van der Waals surface area contributed by atoms with Crippen LogP contribution >= 0.6 is 11.6 Å². The van der Waals surface area contributed by atoms with E-state index in [0.717, 1.165) is 5.69 Å². The lowest BCUT2D eigenvalue weighted by Crippen LogP contribution is -2.40. The molecule has 0 saturated heterocycles. The first-order chi connectivity index (χ1) is 12.2. The van der Waals surface area contributed by atoms with Crippen molar-refractivity contribution in [2.24, 2.45) is 0 Å². The summed E-state index contributed by atoms with van der Waals surface area (Å²) < 4.78 is 5.41. The van der Waals surface area contributed by atoms with Crippen LogP contribution in [-0.2, 0) is 17.7 Å². The maximum atomic E-state index is 12.6. The monoisotopic (exact) mass is 377 g/mol. The molecule has 0 spiro atoms. The highest BCUT2D eigenvalue weighted by Gasteiger charge is 2.30. The number of amides is 2. The van der Waals surface area contributed by atoms with Gasteiger partial charge in [-0.1, -0.05) is 11.6 Å². The van der Waals surface area contributed by atoms with Gasteiger partial charge >= 0.3 is 6.09 Å². The number of nitrogens with one attached hydrogen (secondary N) is 2. The highest BCUT2D eigenvalue weighted by Crippen LogP contribution is 2.24. The molecule has 0 aromatic carbocycles.